The highest BCUT2D eigenvalue weighted by atomic mass is 35.5. The number of benzene rings is 2. The first-order valence-electron chi connectivity index (χ1n) is 6.97. The first-order valence-corrected chi connectivity index (χ1v) is 7.34. The molecule has 0 saturated heterocycles. The summed E-state index contributed by atoms with van der Waals surface area (Å²) in [6, 6.07) is 12.7. The van der Waals surface area contributed by atoms with Gasteiger partial charge in [0.25, 0.3) is 5.91 Å². The molecule has 4 nitrogen and oxygen atoms in total. The molecule has 0 spiro atoms. The summed E-state index contributed by atoms with van der Waals surface area (Å²) in [5, 5.41) is 3.54. The van der Waals surface area contributed by atoms with E-state index in [1.807, 2.05) is 18.2 Å². The van der Waals surface area contributed by atoms with E-state index < -0.39 is 0 Å². The summed E-state index contributed by atoms with van der Waals surface area (Å²) in [4.78, 5) is 25.5. The molecule has 0 fully saturated rings. The molecule has 1 heterocycles. The van der Waals surface area contributed by atoms with Crippen LogP contribution in [0.3, 0.4) is 0 Å². The van der Waals surface area contributed by atoms with E-state index in [0.29, 0.717) is 23.6 Å². The van der Waals surface area contributed by atoms with Crippen LogP contribution in [-0.2, 0) is 17.8 Å². The van der Waals surface area contributed by atoms with E-state index in [9.17, 15) is 9.59 Å². The van der Waals surface area contributed by atoms with E-state index in [-0.39, 0.29) is 11.8 Å². The Bertz CT molecular complexity index is 741. The molecule has 1 N–H and O–H groups in total. The van der Waals surface area contributed by atoms with Gasteiger partial charge < -0.3 is 10.2 Å². The van der Waals surface area contributed by atoms with Gasteiger partial charge in [0.15, 0.2) is 0 Å². The van der Waals surface area contributed by atoms with Crippen LogP contribution in [0.25, 0.3) is 0 Å². The van der Waals surface area contributed by atoms with Crippen LogP contribution in [0.1, 0.15) is 21.5 Å². The van der Waals surface area contributed by atoms with Crippen molar-refractivity contribution in [3.8, 4) is 0 Å². The molecule has 1 aliphatic rings. The van der Waals surface area contributed by atoms with Crippen molar-refractivity contribution in [2.75, 3.05) is 11.9 Å². The zero-order valence-corrected chi connectivity index (χ0v) is 12.9. The molecule has 0 aliphatic carbocycles. The number of fused-ring (bicyclic) bond motifs is 1. The summed E-state index contributed by atoms with van der Waals surface area (Å²) >= 11 is 5.83. The fourth-order valence-corrected chi connectivity index (χ4v) is 2.62. The number of anilines is 1. The molecule has 0 radical (unpaired) electrons. The summed E-state index contributed by atoms with van der Waals surface area (Å²) in [7, 11) is 1.74. The Balaban J connectivity index is 1.70. The number of likely N-dealkylation sites (N-methyl/N-ethyl adjacent to an activating group) is 1. The van der Waals surface area contributed by atoms with E-state index >= 15 is 0 Å². The zero-order valence-electron chi connectivity index (χ0n) is 12.1. The van der Waals surface area contributed by atoms with Crippen LogP contribution in [-0.4, -0.2) is 18.9 Å². The molecule has 22 heavy (non-hydrogen) atoms. The van der Waals surface area contributed by atoms with Gasteiger partial charge in [0, 0.05) is 29.9 Å². The second-order valence-corrected chi connectivity index (χ2v) is 5.72. The number of amides is 2. The molecule has 0 bridgehead atoms. The maximum absolute atomic E-state index is 12.2. The van der Waals surface area contributed by atoms with Crippen LogP contribution in [0.5, 0.6) is 0 Å². The largest absolute Gasteiger partial charge is 0.348 e. The van der Waals surface area contributed by atoms with Gasteiger partial charge in [-0.1, -0.05) is 23.7 Å². The molecular formula is C17H15ClN2O2. The van der Waals surface area contributed by atoms with E-state index in [4.69, 9.17) is 11.6 Å². The van der Waals surface area contributed by atoms with Crippen LogP contribution < -0.4 is 10.2 Å². The molecule has 0 unspecified atom stereocenters. The highest BCUT2D eigenvalue weighted by Crippen LogP contribution is 2.28. The van der Waals surface area contributed by atoms with Crippen molar-refractivity contribution in [1.82, 2.24) is 5.32 Å². The van der Waals surface area contributed by atoms with Crippen molar-refractivity contribution in [2.24, 2.45) is 0 Å². The van der Waals surface area contributed by atoms with Crippen molar-refractivity contribution in [3.63, 3.8) is 0 Å². The first-order chi connectivity index (χ1) is 10.5. The molecule has 112 valence electrons. The monoisotopic (exact) mass is 314 g/mol. The molecular weight excluding hydrogens is 300 g/mol. The van der Waals surface area contributed by atoms with Gasteiger partial charge in [-0.3, -0.25) is 9.59 Å². The van der Waals surface area contributed by atoms with Crippen LogP contribution in [0, 0.1) is 0 Å². The fraction of sp³-hybridized carbons (Fsp3) is 0.176. The topological polar surface area (TPSA) is 49.4 Å². The number of carbonyl (C=O) groups is 2. The average molecular weight is 315 g/mol. The molecule has 0 saturated carbocycles. The minimum Gasteiger partial charge on any atom is -0.348 e. The molecule has 2 aromatic rings. The predicted octanol–water partition coefficient (Wildman–Crippen LogP) is 2.79. The fourth-order valence-electron chi connectivity index (χ4n) is 2.50. The second-order valence-electron chi connectivity index (χ2n) is 5.28. The maximum Gasteiger partial charge on any atom is 0.251 e. The van der Waals surface area contributed by atoms with Crippen molar-refractivity contribution in [3.05, 3.63) is 64.2 Å². The number of nitrogens with zero attached hydrogens (tertiary/aromatic N) is 1. The second kappa shape index (κ2) is 5.81. The zero-order chi connectivity index (χ0) is 15.7. The van der Waals surface area contributed by atoms with E-state index in [1.54, 1.807) is 36.2 Å². The summed E-state index contributed by atoms with van der Waals surface area (Å²) in [6.07, 6.45) is 0.351. The molecule has 0 atom stereocenters. The van der Waals surface area contributed by atoms with E-state index in [2.05, 4.69) is 5.32 Å². The Morgan fingerprint density at radius 2 is 1.95 bits per heavy atom. The van der Waals surface area contributed by atoms with Crippen LogP contribution in [0.4, 0.5) is 5.69 Å². The molecule has 0 aromatic heterocycles. The van der Waals surface area contributed by atoms with Gasteiger partial charge in [-0.25, -0.2) is 0 Å². The molecule has 5 heteroatoms. The van der Waals surface area contributed by atoms with Crippen molar-refractivity contribution in [1.29, 1.82) is 0 Å². The average Bonchev–Trinajstić information content (AvgIpc) is 2.80. The van der Waals surface area contributed by atoms with Gasteiger partial charge in [0.2, 0.25) is 5.91 Å². The third-order valence-corrected chi connectivity index (χ3v) is 4.04. The Labute approximate surface area is 133 Å². The Kier molecular flexibility index (Phi) is 3.86. The maximum atomic E-state index is 12.2. The number of hydrogen-bond acceptors (Lipinski definition) is 2. The highest BCUT2D eigenvalue weighted by molar-refractivity contribution is 6.30. The molecule has 3 rings (SSSR count). The standard InChI is InChI=1S/C17H15ClN2O2/c1-20-15-7-4-12(8-13(15)9-16(20)21)17(22)19-10-11-2-5-14(18)6-3-11/h2-8H,9-10H2,1H3,(H,19,22). The van der Waals surface area contributed by atoms with Gasteiger partial charge >= 0.3 is 0 Å². The number of rotatable bonds is 3. The predicted molar refractivity (Wildman–Crippen MR) is 86.2 cm³/mol. The van der Waals surface area contributed by atoms with E-state index in [1.165, 1.54) is 0 Å². The van der Waals surface area contributed by atoms with Crippen molar-refractivity contribution < 1.29 is 9.59 Å². The SMILES string of the molecule is CN1C(=O)Cc2cc(C(=O)NCc3ccc(Cl)cc3)ccc21. The minimum absolute atomic E-state index is 0.0497. The number of nitrogens with one attached hydrogen (secondary N) is 1. The van der Waals surface area contributed by atoms with Crippen LogP contribution in [0.15, 0.2) is 42.5 Å². The summed E-state index contributed by atoms with van der Waals surface area (Å²) < 4.78 is 0. The number of carbonyl (C=O) groups excluding carboxylic acids is 2. The Morgan fingerprint density at radius 1 is 1.23 bits per heavy atom. The summed E-state index contributed by atoms with van der Waals surface area (Å²) in [5.74, 6) is -0.103. The summed E-state index contributed by atoms with van der Waals surface area (Å²) in [5.41, 5.74) is 3.32. The third kappa shape index (κ3) is 2.83. The van der Waals surface area contributed by atoms with Crippen molar-refractivity contribution >= 4 is 29.1 Å². The number of halogens is 1. The lowest BCUT2D eigenvalue weighted by Crippen LogP contribution is -2.23. The van der Waals surface area contributed by atoms with Gasteiger partial charge in [0.05, 0.1) is 6.42 Å². The van der Waals surface area contributed by atoms with Crippen LogP contribution >= 0.6 is 11.6 Å². The van der Waals surface area contributed by atoms with E-state index in [0.717, 1.165) is 16.8 Å². The minimum atomic E-state index is -0.153. The lowest BCUT2D eigenvalue weighted by Gasteiger charge is -2.11. The molecule has 2 aromatic carbocycles. The first kappa shape index (κ1) is 14.6. The third-order valence-electron chi connectivity index (χ3n) is 3.79. The quantitative estimate of drug-likeness (QED) is 0.947. The van der Waals surface area contributed by atoms with Gasteiger partial charge in [-0.05, 0) is 41.5 Å². The van der Waals surface area contributed by atoms with Gasteiger partial charge in [-0.2, -0.15) is 0 Å². The van der Waals surface area contributed by atoms with Gasteiger partial charge in [-0.15, -0.1) is 0 Å². The lowest BCUT2D eigenvalue weighted by molar-refractivity contribution is -0.117. The normalized spacial score (nSPS) is 13.2. The Morgan fingerprint density at radius 3 is 2.68 bits per heavy atom. The van der Waals surface area contributed by atoms with Crippen LogP contribution in [0.2, 0.25) is 5.02 Å². The smallest absolute Gasteiger partial charge is 0.251 e. The van der Waals surface area contributed by atoms with Gasteiger partial charge in [0.1, 0.15) is 0 Å². The molecule has 2 amide bonds. The lowest BCUT2D eigenvalue weighted by atomic mass is 10.1. The Hall–Kier alpha value is -2.33. The molecule has 1 aliphatic heterocycles. The van der Waals surface area contributed by atoms with Crippen molar-refractivity contribution in [2.45, 2.75) is 13.0 Å². The summed E-state index contributed by atoms with van der Waals surface area (Å²) in [6.45, 7) is 0.436. The highest BCUT2D eigenvalue weighted by Gasteiger charge is 2.24. The number of hydrogen-bond donors (Lipinski definition) is 1.